The maximum Gasteiger partial charge on any atom is 0.379 e. The Bertz CT molecular complexity index is 1000. The minimum atomic E-state index is -2.25. The molecule has 7 nitrogen and oxygen atoms in total. The van der Waals surface area contributed by atoms with Crippen LogP contribution in [0.1, 0.15) is 20.7 Å². The maximum atomic E-state index is 12.0. The molecule has 0 spiro atoms. The fourth-order valence-corrected chi connectivity index (χ4v) is 10.5. The van der Waals surface area contributed by atoms with Gasteiger partial charge in [0.05, 0.1) is 0 Å². The molecule has 0 heterocycles. The molecule has 0 bridgehead atoms. The van der Waals surface area contributed by atoms with E-state index in [2.05, 4.69) is 0 Å². The molecule has 184 valence electrons. The smallest absolute Gasteiger partial charge is 0.379 e. The number of carbonyl (C=O) groups excluding carboxylic acids is 4. The molecule has 2 aromatic rings. The number of rotatable bonds is 12. The Morgan fingerprint density at radius 2 is 0.971 bits per heavy atom. The highest BCUT2D eigenvalue weighted by molar-refractivity contribution is 6.89. The van der Waals surface area contributed by atoms with Crippen LogP contribution in [0.5, 0.6) is 0 Å². The van der Waals surface area contributed by atoms with E-state index in [0.29, 0.717) is 0 Å². The normalized spacial score (nSPS) is 12.0. The van der Waals surface area contributed by atoms with E-state index < -0.39 is 40.1 Å². The van der Waals surface area contributed by atoms with Crippen molar-refractivity contribution in [3.05, 3.63) is 95.3 Å². The van der Waals surface area contributed by atoms with Gasteiger partial charge in [-0.25, -0.2) is 9.59 Å². The number of ether oxygens (including phenoxy) is 2. The first-order valence-electron chi connectivity index (χ1n) is 11.1. The van der Waals surface area contributed by atoms with E-state index in [1.165, 1.54) is 0 Å². The third-order valence-electron chi connectivity index (χ3n) is 4.63. The number of esters is 2. The van der Waals surface area contributed by atoms with Gasteiger partial charge in [-0.05, 0) is 26.2 Å². The Hall–Kier alpha value is -3.41. The quantitative estimate of drug-likeness (QED) is 0.180. The highest BCUT2D eigenvalue weighted by Gasteiger charge is 2.29. The number of hydrogen-bond acceptors (Lipinski definition) is 7. The van der Waals surface area contributed by atoms with Crippen LogP contribution in [0.3, 0.4) is 0 Å². The monoisotopic (exact) mass is 510 g/mol. The van der Waals surface area contributed by atoms with E-state index in [9.17, 15) is 19.2 Å². The van der Waals surface area contributed by atoms with Crippen LogP contribution in [0.15, 0.2) is 84.2 Å². The van der Waals surface area contributed by atoms with Crippen LogP contribution in [0.4, 0.5) is 0 Å². The predicted molar refractivity (Wildman–Crippen MR) is 138 cm³/mol. The number of Topliss-reactive ketones (excluding diaryl/α,β-unsaturated/α-hetero) is 2. The van der Waals surface area contributed by atoms with Crippen molar-refractivity contribution in [1.29, 1.82) is 0 Å². The zero-order valence-corrected chi connectivity index (χ0v) is 22.4. The van der Waals surface area contributed by atoms with Crippen LogP contribution in [0.2, 0.25) is 26.2 Å². The minimum absolute atomic E-state index is 0.0274. The summed E-state index contributed by atoms with van der Waals surface area (Å²) in [6, 6.07) is 16.5. The lowest BCUT2D eigenvalue weighted by molar-refractivity contribution is -0.137. The van der Waals surface area contributed by atoms with Crippen LogP contribution in [0, 0.1) is 0 Å². The van der Waals surface area contributed by atoms with Gasteiger partial charge in [0, 0.05) is 11.1 Å². The second-order valence-corrected chi connectivity index (χ2v) is 16.6. The van der Waals surface area contributed by atoms with Crippen molar-refractivity contribution >= 4 is 40.1 Å². The molecule has 0 radical (unpaired) electrons. The highest BCUT2D eigenvalue weighted by Crippen LogP contribution is 2.17. The first kappa shape index (κ1) is 27.8. The molecule has 0 saturated carbocycles. The average molecular weight is 511 g/mol. The molecular formula is C26H30O7Si2. The van der Waals surface area contributed by atoms with Gasteiger partial charge in [0.1, 0.15) is 13.2 Å². The van der Waals surface area contributed by atoms with Crippen molar-refractivity contribution in [1.82, 2.24) is 0 Å². The second kappa shape index (κ2) is 12.9. The molecule has 2 aromatic carbocycles. The van der Waals surface area contributed by atoms with Gasteiger partial charge < -0.3 is 13.6 Å². The van der Waals surface area contributed by atoms with E-state index in [1.807, 2.05) is 37.6 Å². The fourth-order valence-electron chi connectivity index (χ4n) is 3.20. The summed E-state index contributed by atoms with van der Waals surface area (Å²) in [5.41, 5.74) is 4.37. The molecule has 35 heavy (non-hydrogen) atoms. The number of carbonyl (C=O) groups is 4. The molecule has 0 N–H and O–H groups in total. The van der Waals surface area contributed by atoms with Gasteiger partial charge in [-0.1, -0.05) is 84.2 Å². The van der Waals surface area contributed by atoms with Crippen molar-refractivity contribution in [3.63, 3.8) is 0 Å². The molecule has 0 aliphatic rings. The SMILES string of the molecule is C[Si](C)(/C=C/COC(=O)C(=O)c1ccccc1)O[Si](C)(C)/C=C/COC(=O)C(=O)c1ccccc1. The summed E-state index contributed by atoms with van der Waals surface area (Å²) in [5.74, 6) is -3.17. The summed E-state index contributed by atoms with van der Waals surface area (Å²) in [6.07, 6.45) is 3.38. The van der Waals surface area contributed by atoms with Crippen molar-refractivity contribution < 1.29 is 32.8 Å². The third kappa shape index (κ3) is 9.77. The Balaban J connectivity index is 1.78. The van der Waals surface area contributed by atoms with Gasteiger partial charge in [0.25, 0.3) is 11.6 Å². The van der Waals surface area contributed by atoms with Gasteiger partial charge in [-0.3, -0.25) is 9.59 Å². The number of hydrogen-bond donors (Lipinski definition) is 0. The number of benzene rings is 2. The van der Waals surface area contributed by atoms with Gasteiger partial charge >= 0.3 is 11.9 Å². The Morgan fingerprint density at radius 1 is 0.629 bits per heavy atom. The molecule has 0 saturated heterocycles. The van der Waals surface area contributed by atoms with Gasteiger partial charge in [0.15, 0.2) is 16.6 Å². The van der Waals surface area contributed by atoms with Crippen LogP contribution in [0.25, 0.3) is 0 Å². The molecular weight excluding hydrogens is 480 g/mol. The first-order chi connectivity index (χ1) is 16.5. The summed E-state index contributed by atoms with van der Waals surface area (Å²) in [4.78, 5) is 47.9. The van der Waals surface area contributed by atoms with Crippen molar-refractivity contribution in [3.8, 4) is 0 Å². The van der Waals surface area contributed by atoms with E-state index >= 15 is 0 Å². The molecule has 0 aliphatic carbocycles. The fraction of sp³-hybridized carbons (Fsp3) is 0.231. The Morgan fingerprint density at radius 3 is 1.31 bits per heavy atom. The second-order valence-electron chi connectivity index (χ2n) is 8.70. The first-order valence-corrected chi connectivity index (χ1v) is 17.1. The summed E-state index contributed by atoms with van der Waals surface area (Å²) in [6.45, 7) is 7.95. The predicted octanol–water partition coefficient (Wildman–Crippen LogP) is 4.46. The standard InChI is InChI=1S/C26H30O7Si2/c1-34(2,19-11-17-31-25(29)23(27)21-13-7-5-8-14-21)33-35(3,4)20-12-18-32-26(30)24(28)22-15-9-6-10-16-22/h5-16,19-20H,17-18H2,1-4H3/b19-11+,20-12+. The molecule has 0 amide bonds. The van der Waals surface area contributed by atoms with Gasteiger partial charge in [0.2, 0.25) is 0 Å². The lowest BCUT2D eigenvalue weighted by Gasteiger charge is -2.29. The third-order valence-corrected chi connectivity index (χ3v) is 10.9. The minimum Gasteiger partial charge on any atom is -0.455 e. The lowest BCUT2D eigenvalue weighted by atomic mass is 10.1. The summed E-state index contributed by atoms with van der Waals surface area (Å²) < 4.78 is 16.5. The molecule has 9 heteroatoms. The molecule has 2 rings (SSSR count). The van der Waals surface area contributed by atoms with Crippen LogP contribution < -0.4 is 0 Å². The van der Waals surface area contributed by atoms with Crippen LogP contribution in [-0.2, 0) is 23.2 Å². The highest BCUT2D eigenvalue weighted by atomic mass is 28.4. The van der Waals surface area contributed by atoms with E-state index in [4.69, 9.17) is 13.6 Å². The van der Waals surface area contributed by atoms with Crippen LogP contribution >= 0.6 is 0 Å². The lowest BCUT2D eigenvalue weighted by Crippen LogP contribution is -2.42. The maximum absolute atomic E-state index is 12.0. The summed E-state index contributed by atoms with van der Waals surface area (Å²) >= 11 is 0. The van der Waals surface area contributed by atoms with Crippen molar-refractivity contribution in [2.24, 2.45) is 0 Å². The largest absolute Gasteiger partial charge is 0.455 e. The van der Waals surface area contributed by atoms with Crippen molar-refractivity contribution in [2.75, 3.05) is 13.2 Å². The van der Waals surface area contributed by atoms with E-state index in [0.717, 1.165) is 0 Å². The van der Waals surface area contributed by atoms with E-state index in [1.54, 1.807) is 72.8 Å². The van der Waals surface area contributed by atoms with E-state index in [-0.39, 0.29) is 24.3 Å². The molecule has 0 aromatic heterocycles. The molecule has 0 aliphatic heterocycles. The van der Waals surface area contributed by atoms with Crippen LogP contribution in [-0.4, -0.2) is 53.4 Å². The van der Waals surface area contributed by atoms with Crippen molar-refractivity contribution in [2.45, 2.75) is 26.2 Å². The molecule has 0 atom stereocenters. The topological polar surface area (TPSA) is 96.0 Å². The molecule has 0 fully saturated rings. The van der Waals surface area contributed by atoms with Gasteiger partial charge in [-0.15, -0.1) is 0 Å². The average Bonchev–Trinajstić information content (AvgIpc) is 2.83. The summed E-state index contributed by atoms with van der Waals surface area (Å²) in [7, 11) is -4.51. The molecule has 0 unspecified atom stereocenters. The zero-order chi connectivity index (χ0) is 25.9. The number of ketones is 2. The van der Waals surface area contributed by atoms with Gasteiger partial charge in [-0.2, -0.15) is 0 Å². The Kier molecular flexibility index (Phi) is 10.3. The Labute approximate surface area is 207 Å². The zero-order valence-electron chi connectivity index (χ0n) is 20.4. The summed E-state index contributed by atoms with van der Waals surface area (Å²) in [5, 5.41) is 0.